The maximum absolute atomic E-state index is 5.55. The lowest BCUT2D eigenvalue weighted by molar-refractivity contribution is 0.900. The van der Waals surface area contributed by atoms with E-state index in [2.05, 4.69) is 13.5 Å². The molecule has 0 unspecified atom stereocenters. The predicted octanol–water partition coefficient (Wildman–Crippen LogP) is 2.49. The molecule has 0 aliphatic rings. The highest BCUT2D eigenvalue weighted by atomic mass is 13.9. The zero-order valence-electron chi connectivity index (χ0n) is 6.22. The van der Waals surface area contributed by atoms with Gasteiger partial charge in [-0.05, 0) is 13.3 Å². The molecule has 0 rings (SSSR count). The van der Waals surface area contributed by atoms with Gasteiger partial charge in [0.2, 0.25) is 0 Å². The standard InChI is InChI=1S/C8H13B/c1-4-5-7(2)6-8(3)9/h4-5,8H,1,6H2,2-3H3/b7-5-/t8-/m0/s1. The molecule has 0 aromatic carbocycles. The van der Waals surface area contributed by atoms with E-state index in [1.165, 1.54) is 5.57 Å². The Balaban J connectivity index is 3.61. The molecule has 0 aliphatic heterocycles. The Morgan fingerprint density at radius 2 is 2.33 bits per heavy atom. The minimum Gasteiger partial charge on any atom is -0.0991 e. The normalized spacial score (nSPS) is 15.1. The summed E-state index contributed by atoms with van der Waals surface area (Å²) < 4.78 is 0. The van der Waals surface area contributed by atoms with E-state index in [1.54, 1.807) is 6.08 Å². The number of rotatable bonds is 3. The third kappa shape index (κ3) is 5.42. The summed E-state index contributed by atoms with van der Waals surface area (Å²) >= 11 is 0. The van der Waals surface area contributed by atoms with E-state index in [1.807, 2.05) is 13.0 Å². The first-order valence-electron chi connectivity index (χ1n) is 3.20. The van der Waals surface area contributed by atoms with Crippen LogP contribution in [0, 0.1) is 0 Å². The van der Waals surface area contributed by atoms with Crippen molar-refractivity contribution < 1.29 is 0 Å². The average molecular weight is 120 g/mol. The molecule has 0 fully saturated rings. The fraction of sp³-hybridized carbons (Fsp3) is 0.500. The van der Waals surface area contributed by atoms with Crippen LogP contribution in [0.3, 0.4) is 0 Å². The van der Waals surface area contributed by atoms with E-state index in [0.29, 0.717) is 0 Å². The Labute approximate surface area is 59.1 Å². The highest BCUT2D eigenvalue weighted by Gasteiger charge is 1.92. The van der Waals surface area contributed by atoms with Gasteiger partial charge >= 0.3 is 0 Å². The molecule has 0 bridgehead atoms. The molecule has 0 heterocycles. The lowest BCUT2D eigenvalue weighted by Gasteiger charge is -2.02. The van der Waals surface area contributed by atoms with Crippen molar-refractivity contribution in [3.63, 3.8) is 0 Å². The predicted molar refractivity (Wildman–Crippen MR) is 43.7 cm³/mol. The molecule has 48 valence electrons. The van der Waals surface area contributed by atoms with E-state index in [4.69, 9.17) is 7.85 Å². The van der Waals surface area contributed by atoms with E-state index in [9.17, 15) is 0 Å². The molecule has 1 atom stereocenters. The topological polar surface area (TPSA) is 0 Å². The smallest absolute Gasteiger partial charge is 0.0700 e. The van der Waals surface area contributed by atoms with E-state index >= 15 is 0 Å². The molecular formula is C8H13B. The molecule has 0 nitrogen and oxygen atoms in total. The molecule has 2 radical (unpaired) electrons. The Bertz CT molecular complexity index is 112. The van der Waals surface area contributed by atoms with E-state index in [0.717, 1.165) is 6.42 Å². The van der Waals surface area contributed by atoms with Crippen molar-refractivity contribution in [1.29, 1.82) is 0 Å². The van der Waals surface area contributed by atoms with Gasteiger partial charge in [0.15, 0.2) is 0 Å². The number of allylic oxidation sites excluding steroid dienone is 3. The van der Waals surface area contributed by atoms with Crippen LogP contribution in [0.25, 0.3) is 0 Å². The third-order valence-electron chi connectivity index (χ3n) is 1.05. The van der Waals surface area contributed by atoms with Crippen LogP contribution < -0.4 is 0 Å². The van der Waals surface area contributed by atoms with Crippen LogP contribution in [-0.4, -0.2) is 7.85 Å². The van der Waals surface area contributed by atoms with Gasteiger partial charge in [0.1, 0.15) is 0 Å². The zero-order chi connectivity index (χ0) is 7.28. The Morgan fingerprint density at radius 1 is 1.78 bits per heavy atom. The minimum absolute atomic E-state index is 0.265. The van der Waals surface area contributed by atoms with Gasteiger partial charge in [-0.25, -0.2) is 0 Å². The molecule has 1 heteroatoms. The van der Waals surface area contributed by atoms with Gasteiger partial charge in [-0.2, -0.15) is 0 Å². The molecule has 0 spiro atoms. The number of hydrogen-bond donors (Lipinski definition) is 0. The highest BCUT2D eigenvalue weighted by molar-refractivity contribution is 6.11. The summed E-state index contributed by atoms with van der Waals surface area (Å²) in [6.45, 7) is 7.65. The van der Waals surface area contributed by atoms with Crippen molar-refractivity contribution in [3.05, 3.63) is 24.3 Å². The van der Waals surface area contributed by atoms with Crippen molar-refractivity contribution in [2.45, 2.75) is 26.1 Å². The second kappa shape index (κ2) is 4.43. The summed E-state index contributed by atoms with van der Waals surface area (Å²) in [7, 11) is 5.55. The second-order valence-electron chi connectivity index (χ2n) is 2.43. The molecule has 0 saturated carbocycles. The first-order chi connectivity index (χ1) is 4.16. The van der Waals surface area contributed by atoms with Crippen molar-refractivity contribution in [2.24, 2.45) is 0 Å². The van der Waals surface area contributed by atoms with Crippen LogP contribution in [0.4, 0.5) is 0 Å². The quantitative estimate of drug-likeness (QED) is 0.396. The highest BCUT2D eigenvalue weighted by Crippen LogP contribution is 2.11. The van der Waals surface area contributed by atoms with Crippen molar-refractivity contribution in [1.82, 2.24) is 0 Å². The summed E-state index contributed by atoms with van der Waals surface area (Å²) in [5.41, 5.74) is 1.29. The SMILES string of the molecule is [B][C@@H](C)C/C(C)=C\C=C. The van der Waals surface area contributed by atoms with Gasteiger partial charge in [-0.3, -0.25) is 0 Å². The first kappa shape index (κ1) is 8.54. The van der Waals surface area contributed by atoms with Crippen LogP contribution in [0.2, 0.25) is 5.82 Å². The Morgan fingerprint density at radius 3 is 2.67 bits per heavy atom. The van der Waals surface area contributed by atoms with Crippen molar-refractivity contribution in [2.75, 3.05) is 0 Å². The third-order valence-corrected chi connectivity index (χ3v) is 1.05. The van der Waals surface area contributed by atoms with Gasteiger partial charge in [-0.1, -0.05) is 37.0 Å². The molecular weight excluding hydrogens is 107 g/mol. The monoisotopic (exact) mass is 120 g/mol. The van der Waals surface area contributed by atoms with E-state index in [-0.39, 0.29) is 5.82 Å². The summed E-state index contributed by atoms with van der Waals surface area (Å²) in [6.07, 6.45) is 4.74. The van der Waals surface area contributed by atoms with Gasteiger partial charge in [0, 0.05) is 0 Å². The van der Waals surface area contributed by atoms with Crippen LogP contribution >= 0.6 is 0 Å². The van der Waals surface area contributed by atoms with Gasteiger partial charge < -0.3 is 0 Å². The fourth-order valence-electron chi connectivity index (χ4n) is 0.777. The molecule has 0 amide bonds. The van der Waals surface area contributed by atoms with E-state index < -0.39 is 0 Å². The zero-order valence-corrected chi connectivity index (χ0v) is 6.22. The number of hydrogen-bond acceptors (Lipinski definition) is 0. The summed E-state index contributed by atoms with van der Waals surface area (Å²) in [5.74, 6) is 0.265. The van der Waals surface area contributed by atoms with Crippen molar-refractivity contribution in [3.8, 4) is 0 Å². The average Bonchev–Trinajstić information content (AvgIpc) is 1.63. The van der Waals surface area contributed by atoms with Crippen molar-refractivity contribution >= 4 is 7.85 Å². The van der Waals surface area contributed by atoms with Gasteiger partial charge in [-0.15, -0.1) is 0 Å². The van der Waals surface area contributed by atoms with Gasteiger partial charge in [0.25, 0.3) is 0 Å². The molecule has 0 aromatic rings. The molecule has 0 N–H and O–H groups in total. The second-order valence-corrected chi connectivity index (χ2v) is 2.43. The van der Waals surface area contributed by atoms with Gasteiger partial charge in [0.05, 0.1) is 7.85 Å². The largest absolute Gasteiger partial charge is 0.0991 e. The Hall–Kier alpha value is -0.455. The summed E-state index contributed by atoms with van der Waals surface area (Å²) in [6, 6.07) is 0. The maximum atomic E-state index is 5.55. The summed E-state index contributed by atoms with van der Waals surface area (Å²) in [4.78, 5) is 0. The molecule has 9 heavy (non-hydrogen) atoms. The van der Waals surface area contributed by atoms with Crippen LogP contribution in [0.5, 0.6) is 0 Å². The van der Waals surface area contributed by atoms with Crippen LogP contribution in [0.15, 0.2) is 24.3 Å². The van der Waals surface area contributed by atoms with Crippen LogP contribution in [0.1, 0.15) is 20.3 Å². The molecule has 0 saturated heterocycles. The first-order valence-corrected chi connectivity index (χ1v) is 3.20. The minimum atomic E-state index is 0.265. The van der Waals surface area contributed by atoms with Crippen LogP contribution in [-0.2, 0) is 0 Å². The summed E-state index contributed by atoms with van der Waals surface area (Å²) in [5, 5.41) is 0. The lowest BCUT2D eigenvalue weighted by atomic mass is 9.84. The molecule has 0 aliphatic carbocycles. The maximum Gasteiger partial charge on any atom is 0.0700 e. The lowest BCUT2D eigenvalue weighted by Crippen LogP contribution is -1.85. The molecule has 0 aromatic heterocycles. The Kier molecular flexibility index (Phi) is 4.20. The fourth-order valence-corrected chi connectivity index (χ4v) is 0.777.